The molecular weight excluding hydrogens is 198 g/mol. The lowest BCUT2D eigenvalue weighted by Gasteiger charge is -2.44. The van der Waals surface area contributed by atoms with E-state index in [0.29, 0.717) is 19.4 Å². The Balaban J connectivity index is 2.22. The number of H-pyrrole nitrogens is 1. The van der Waals surface area contributed by atoms with Crippen molar-refractivity contribution < 1.29 is 0 Å². The maximum atomic E-state index is 4.36. The van der Waals surface area contributed by atoms with E-state index in [9.17, 15) is 0 Å². The number of rotatable bonds is 1. The van der Waals surface area contributed by atoms with Gasteiger partial charge in [-0.1, -0.05) is 26.3 Å². The van der Waals surface area contributed by atoms with E-state index in [1.54, 1.807) is 0 Å². The van der Waals surface area contributed by atoms with Gasteiger partial charge < -0.3 is 9.62 Å². The quantitative estimate of drug-likeness (QED) is 0.727. The predicted molar refractivity (Wildman–Crippen MR) is 71.1 cm³/mol. The highest BCUT2D eigenvalue weighted by molar-refractivity contribution is 6.80. The van der Waals surface area contributed by atoms with Crippen LogP contribution in [0.15, 0.2) is 6.07 Å². The number of aryl methyl sites for hydroxylation is 1. The summed E-state index contributed by atoms with van der Waals surface area (Å²) in [6, 6.07) is 2.12. The Bertz CT molecular complexity index is 367. The second kappa shape index (κ2) is 4.17. The molecule has 86 valence electrons. The van der Waals surface area contributed by atoms with Crippen LogP contribution in [0.5, 0.6) is 0 Å². The fourth-order valence-electron chi connectivity index (χ4n) is 2.42. The van der Waals surface area contributed by atoms with Gasteiger partial charge in [0.2, 0.25) is 6.85 Å². The molecule has 1 aliphatic heterocycles. The zero-order valence-electron chi connectivity index (χ0n) is 10.9. The average molecular weight is 218 g/mol. The Kier molecular flexibility index (Phi) is 3.02. The zero-order valence-corrected chi connectivity index (χ0v) is 10.9. The van der Waals surface area contributed by atoms with E-state index in [0.717, 1.165) is 18.2 Å². The van der Waals surface area contributed by atoms with Gasteiger partial charge in [-0.05, 0) is 14.0 Å². The highest BCUT2D eigenvalue weighted by atomic mass is 15.3. The van der Waals surface area contributed by atoms with Gasteiger partial charge in [-0.3, -0.25) is 5.10 Å². The maximum Gasteiger partial charge on any atom is 0.251 e. The molecular formula is C10H20B2N4. The third kappa shape index (κ3) is 1.86. The van der Waals surface area contributed by atoms with Gasteiger partial charge in [-0.25, -0.2) is 0 Å². The molecule has 0 bridgehead atoms. The van der Waals surface area contributed by atoms with Gasteiger partial charge in [0.25, 0.3) is 6.85 Å². The Hall–Kier alpha value is -0.900. The molecule has 1 aromatic rings. The van der Waals surface area contributed by atoms with Crippen molar-refractivity contribution >= 4 is 19.5 Å². The third-order valence-corrected chi connectivity index (χ3v) is 4.07. The van der Waals surface area contributed by atoms with Crippen LogP contribution in [-0.2, 0) is 0 Å². The average Bonchev–Trinajstić information content (AvgIpc) is 2.67. The number of nitrogens with one attached hydrogen (secondary N) is 1. The summed E-state index contributed by atoms with van der Waals surface area (Å²) >= 11 is 0. The molecule has 1 N–H and O–H groups in total. The van der Waals surface area contributed by atoms with E-state index in [2.05, 4.69) is 53.5 Å². The van der Waals surface area contributed by atoms with Gasteiger partial charge in [0.15, 0.2) is 0 Å². The summed E-state index contributed by atoms with van der Waals surface area (Å²) in [4.78, 5) is 4.75. The van der Waals surface area contributed by atoms with E-state index in [-0.39, 0.29) is 0 Å². The van der Waals surface area contributed by atoms with Crippen LogP contribution in [0.4, 0.5) is 5.82 Å². The van der Waals surface area contributed by atoms with Crippen molar-refractivity contribution in [2.45, 2.75) is 33.2 Å². The summed E-state index contributed by atoms with van der Waals surface area (Å²) in [5.74, 6) is 1.07. The molecule has 2 rings (SSSR count). The van der Waals surface area contributed by atoms with Crippen LogP contribution in [-0.4, -0.2) is 42.4 Å². The van der Waals surface area contributed by atoms with Gasteiger partial charge in [-0.15, -0.1) is 0 Å². The predicted octanol–water partition coefficient (Wildman–Crippen LogP) is 1.60. The van der Waals surface area contributed by atoms with Gasteiger partial charge in [0, 0.05) is 18.4 Å². The third-order valence-electron chi connectivity index (χ3n) is 4.07. The van der Waals surface area contributed by atoms with Crippen LogP contribution >= 0.6 is 0 Å². The summed E-state index contributed by atoms with van der Waals surface area (Å²) in [5.41, 5.74) is 1.77. The van der Waals surface area contributed by atoms with Crippen molar-refractivity contribution in [3.05, 3.63) is 11.8 Å². The molecule has 6 heteroatoms. The summed E-state index contributed by atoms with van der Waals surface area (Å²) in [6.07, 6.45) is 0. The summed E-state index contributed by atoms with van der Waals surface area (Å²) in [7, 11) is 2.18. The molecule has 2 heterocycles. The second-order valence-corrected chi connectivity index (χ2v) is 5.12. The molecule has 1 unspecified atom stereocenters. The lowest BCUT2D eigenvalue weighted by atomic mass is 9.31. The molecule has 1 aliphatic rings. The summed E-state index contributed by atoms with van der Waals surface area (Å²) in [5, 5.41) is 7.38. The first-order valence-corrected chi connectivity index (χ1v) is 5.99. The fourth-order valence-corrected chi connectivity index (χ4v) is 2.42. The molecule has 1 fully saturated rings. The number of hydrogen-bond acceptors (Lipinski definition) is 3. The van der Waals surface area contributed by atoms with Crippen LogP contribution in [0.2, 0.25) is 19.4 Å². The monoisotopic (exact) mass is 218 g/mol. The molecule has 1 atom stereocenters. The number of hydrogen-bond donors (Lipinski definition) is 1. The number of aromatic nitrogens is 2. The van der Waals surface area contributed by atoms with Gasteiger partial charge in [0.1, 0.15) is 5.82 Å². The normalized spacial score (nSPS) is 23.1. The first kappa shape index (κ1) is 11.6. The molecule has 0 amide bonds. The minimum Gasteiger partial charge on any atom is -0.388 e. The van der Waals surface area contributed by atoms with Crippen molar-refractivity contribution in [1.82, 2.24) is 15.0 Å². The summed E-state index contributed by atoms with van der Waals surface area (Å²) < 4.78 is 0. The van der Waals surface area contributed by atoms with E-state index in [1.807, 2.05) is 6.92 Å². The van der Waals surface area contributed by atoms with Crippen LogP contribution in [0.25, 0.3) is 0 Å². The first-order valence-electron chi connectivity index (χ1n) is 5.99. The molecule has 0 radical (unpaired) electrons. The van der Waals surface area contributed by atoms with E-state index in [1.165, 1.54) is 0 Å². The lowest BCUT2D eigenvalue weighted by Crippen LogP contribution is -2.59. The van der Waals surface area contributed by atoms with Crippen LogP contribution in [0.1, 0.15) is 12.6 Å². The maximum absolute atomic E-state index is 4.36. The first-order chi connectivity index (χ1) is 7.50. The molecule has 0 aromatic carbocycles. The molecule has 0 saturated carbocycles. The van der Waals surface area contributed by atoms with E-state index >= 15 is 0 Å². The molecule has 16 heavy (non-hydrogen) atoms. The topological polar surface area (TPSA) is 35.2 Å². The SMILES string of the molecule is CB1C(C)B(C)N(c2cc(C)[nH]n2)CN1C. The molecule has 0 spiro atoms. The van der Waals surface area contributed by atoms with Crippen molar-refractivity contribution in [3.63, 3.8) is 0 Å². The molecule has 4 nitrogen and oxygen atoms in total. The molecule has 0 aliphatic carbocycles. The van der Waals surface area contributed by atoms with Crippen LogP contribution < -0.4 is 4.81 Å². The fraction of sp³-hybridized carbons (Fsp3) is 0.700. The van der Waals surface area contributed by atoms with Gasteiger partial charge in [0.05, 0.1) is 0 Å². The number of aromatic amines is 1. The second-order valence-electron chi connectivity index (χ2n) is 5.12. The Labute approximate surface area is 98.6 Å². The minimum atomic E-state index is 0.536. The van der Waals surface area contributed by atoms with Crippen molar-refractivity contribution in [1.29, 1.82) is 0 Å². The standard InChI is InChI=1S/C10H20B2N4/c1-8-6-10(14-13-8)16-7-15(5)11(3)9(2)12(16)4/h6,9H,7H2,1-5H3,(H,13,14). The smallest absolute Gasteiger partial charge is 0.251 e. The highest BCUT2D eigenvalue weighted by Crippen LogP contribution is 2.27. The van der Waals surface area contributed by atoms with Crippen LogP contribution in [0, 0.1) is 6.92 Å². The largest absolute Gasteiger partial charge is 0.388 e. The Morgan fingerprint density at radius 1 is 1.44 bits per heavy atom. The minimum absolute atomic E-state index is 0.536. The number of anilines is 1. The van der Waals surface area contributed by atoms with Gasteiger partial charge in [-0.2, -0.15) is 5.10 Å². The Morgan fingerprint density at radius 2 is 2.12 bits per heavy atom. The summed E-state index contributed by atoms with van der Waals surface area (Å²) in [6.45, 7) is 11.1. The van der Waals surface area contributed by atoms with Crippen molar-refractivity contribution in [2.75, 3.05) is 18.5 Å². The van der Waals surface area contributed by atoms with Crippen LogP contribution in [0.3, 0.4) is 0 Å². The highest BCUT2D eigenvalue weighted by Gasteiger charge is 2.39. The van der Waals surface area contributed by atoms with E-state index in [4.69, 9.17) is 0 Å². The zero-order chi connectivity index (χ0) is 11.9. The van der Waals surface area contributed by atoms with Crippen molar-refractivity contribution in [2.24, 2.45) is 0 Å². The lowest BCUT2D eigenvalue weighted by molar-refractivity contribution is 0.517. The molecule has 1 saturated heterocycles. The van der Waals surface area contributed by atoms with E-state index < -0.39 is 0 Å². The van der Waals surface area contributed by atoms with Gasteiger partial charge >= 0.3 is 0 Å². The Morgan fingerprint density at radius 3 is 2.69 bits per heavy atom. The van der Waals surface area contributed by atoms with Crippen molar-refractivity contribution in [3.8, 4) is 0 Å². The molecule has 1 aromatic heterocycles. The number of nitrogens with zero attached hydrogens (tertiary/aromatic N) is 3.